The smallest absolute Gasteiger partial charge is 0.306 e. The van der Waals surface area contributed by atoms with E-state index in [1.54, 1.807) is 12.3 Å². The summed E-state index contributed by atoms with van der Waals surface area (Å²) in [4.78, 5) is 23.3. The van der Waals surface area contributed by atoms with Crippen LogP contribution in [0.4, 0.5) is 0 Å². The Hall–Kier alpha value is -2.37. The first-order valence-corrected chi connectivity index (χ1v) is 7.11. The number of carbonyl (C=O) groups excluding carboxylic acids is 1. The highest BCUT2D eigenvalue weighted by Crippen LogP contribution is 2.25. The van der Waals surface area contributed by atoms with Gasteiger partial charge in [-0.15, -0.1) is 0 Å². The number of nitrogens with zero attached hydrogens (tertiary/aromatic N) is 1. The van der Waals surface area contributed by atoms with E-state index in [0.717, 1.165) is 10.9 Å². The minimum Gasteiger partial charge on any atom is -0.481 e. The molecule has 1 amide bonds. The van der Waals surface area contributed by atoms with Gasteiger partial charge in [-0.25, -0.2) is 0 Å². The molecule has 3 rings (SSSR count). The third-order valence-corrected chi connectivity index (χ3v) is 4.13. The van der Waals surface area contributed by atoms with Crippen molar-refractivity contribution in [2.24, 2.45) is 5.92 Å². The van der Waals surface area contributed by atoms with Gasteiger partial charge in [-0.05, 0) is 31.7 Å². The minimum atomic E-state index is -0.734. The molecule has 0 bridgehead atoms. The average Bonchev–Trinajstić information content (AvgIpc) is 2.96. The van der Waals surface area contributed by atoms with Crippen molar-refractivity contribution in [1.82, 2.24) is 15.5 Å². The first kappa shape index (κ1) is 13.6. The van der Waals surface area contributed by atoms with Crippen LogP contribution in [0.5, 0.6) is 0 Å². The summed E-state index contributed by atoms with van der Waals surface area (Å²) in [6.07, 6.45) is 4.34. The zero-order chi connectivity index (χ0) is 14.8. The van der Waals surface area contributed by atoms with Crippen LogP contribution in [0, 0.1) is 5.92 Å². The van der Waals surface area contributed by atoms with Gasteiger partial charge in [0.15, 0.2) is 0 Å². The molecule has 1 aliphatic rings. The maximum Gasteiger partial charge on any atom is 0.306 e. The van der Waals surface area contributed by atoms with E-state index in [9.17, 15) is 9.59 Å². The lowest BCUT2D eigenvalue weighted by atomic mass is 9.86. The molecule has 110 valence electrons. The zero-order valence-electron chi connectivity index (χ0n) is 11.5. The van der Waals surface area contributed by atoms with Crippen molar-refractivity contribution in [3.63, 3.8) is 0 Å². The molecular formula is C15H17N3O3. The molecule has 0 atom stereocenters. The van der Waals surface area contributed by atoms with E-state index in [4.69, 9.17) is 5.11 Å². The Bertz CT molecular complexity index is 672. The van der Waals surface area contributed by atoms with Gasteiger partial charge in [0.25, 0.3) is 5.91 Å². The molecule has 21 heavy (non-hydrogen) atoms. The number of carboxylic acid groups (broad SMARTS) is 1. The van der Waals surface area contributed by atoms with Crippen molar-refractivity contribution in [3.8, 4) is 0 Å². The zero-order valence-corrected chi connectivity index (χ0v) is 11.5. The highest BCUT2D eigenvalue weighted by Gasteiger charge is 2.27. The van der Waals surface area contributed by atoms with Crippen LogP contribution in [0.15, 0.2) is 24.4 Å². The third-order valence-electron chi connectivity index (χ3n) is 4.13. The van der Waals surface area contributed by atoms with Crippen LogP contribution in [0.2, 0.25) is 0 Å². The second-order valence-corrected chi connectivity index (χ2v) is 5.50. The number of hydrogen-bond acceptors (Lipinski definition) is 3. The average molecular weight is 287 g/mol. The van der Waals surface area contributed by atoms with Crippen molar-refractivity contribution < 1.29 is 14.7 Å². The van der Waals surface area contributed by atoms with Crippen LogP contribution in [-0.2, 0) is 4.79 Å². The molecular weight excluding hydrogens is 270 g/mol. The monoisotopic (exact) mass is 287 g/mol. The number of rotatable bonds is 3. The van der Waals surface area contributed by atoms with Crippen LogP contribution >= 0.6 is 0 Å². The summed E-state index contributed by atoms with van der Waals surface area (Å²) in [5, 5.41) is 19.7. The number of fused-ring (bicyclic) bond motifs is 1. The number of para-hydroxylation sites is 1. The van der Waals surface area contributed by atoms with Gasteiger partial charge >= 0.3 is 5.97 Å². The molecule has 1 aliphatic carbocycles. The Morgan fingerprint density at radius 1 is 1.24 bits per heavy atom. The fraction of sp³-hybridized carbons (Fsp3) is 0.400. The van der Waals surface area contributed by atoms with E-state index < -0.39 is 5.97 Å². The number of H-pyrrole nitrogens is 1. The molecule has 1 saturated carbocycles. The van der Waals surface area contributed by atoms with Gasteiger partial charge in [-0.3, -0.25) is 14.7 Å². The van der Waals surface area contributed by atoms with Crippen molar-refractivity contribution in [2.45, 2.75) is 31.7 Å². The van der Waals surface area contributed by atoms with Crippen LogP contribution in [0.25, 0.3) is 10.9 Å². The molecule has 0 unspecified atom stereocenters. The summed E-state index contributed by atoms with van der Waals surface area (Å²) in [6, 6.07) is 5.53. The van der Waals surface area contributed by atoms with Gasteiger partial charge in [-0.2, -0.15) is 5.10 Å². The van der Waals surface area contributed by atoms with Gasteiger partial charge in [0.2, 0.25) is 0 Å². The Kier molecular flexibility index (Phi) is 3.60. The molecule has 0 spiro atoms. The third kappa shape index (κ3) is 2.74. The predicted octanol–water partition coefficient (Wildman–Crippen LogP) is 1.94. The number of aromatic nitrogens is 2. The van der Waals surface area contributed by atoms with E-state index in [2.05, 4.69) is 15.5 Å². The number of benzene rings is 1. The van der Waals surface area contributed by atoms with Crippen molar-refractivity contribution >= 4 is 22.8 Å². The molecule has 3 N–H and O–H groups in total. The first-order valence-electron chi connectivity index (χ1n) is 7.11. The summed E-state index contributed by atoms with van der Waals surface area (Å²) in [6.45, 7) is 0. The van der Waals surface area contributed by atoms with Crippen LogP contribution in [0.3, 0.4) is 0 Å². The highest BCUT2D eigenvalue weighted by atomic mass is 16.4. The SMILES string of the molecule is O=C(NC1CCC(C(=O)O)CC1)c1cccc2cn[nH]c12. The minimum absolute atomic E-state index is 0.0475. The Labute approximate surface area is 121 Å². The van der Waals surface area contributed by atoms with Gasteiger partial charge < -0.3 is 10.4 Å². The summed E-state index contributed by atoms with van der Waals surface area (Å²) in [5.74, 6) is -1.14. The summed E-state index contributed by atoms with van der Waals surface area (Å²) in [7, 11) is 0. The number of nitrogens with one attached hydrogen (secondary N) is 2. The lowest BCUT2D eigenvalue weighted by Crippen LogP contribution is -2.38. The highest BCUT2D eigenvalue weighted by molar-refractivity contribution is 6.05. The lowest BCUT2D eigenvalue weighted by molar-refractivity contribution is -0.142. The molecule has 0 saturated heterocycles. The van der Waals surface area contributed by atoms with Crippen molar-refractivity contribution in [2.75, 3.05) is 0 Å². The molecule has 1 aromatic heterocycles. The maximum atomic E-state index is 12.4. The quantitative estimate of drug-likeness (QED) is 0.804. The second kappa shape index (κ2) is 5.55. The maximum absolute atomic E-state index is 12.4. The summed E-state index contributed by atoms with van der Waals surface area (Å²) in [5.41, 5.74) is 1.31. The van der Waals surface area contributed by atoms with Crippen molar-refractivity contribution in [1.29, 1.82) is 0 Å². The van der Waals surface area contributed by atoms with Crippen LogP contribution in [0.1, 0.15) is 36.0 Å². The molecule has 6 heteroatoms. The number of amides is 1. The van der Waals surface area contributed by atoms with Crippen LogP contribution in [-0.4, -0.2) is 33.2 Å². The van der Waals surface area contributed by atoms with Gasteiger partial charge in [-0.1, -0.05) is 12.1 Å². The van der Waals surface area contributed by atoms with E-state index in [-0.39, 0.29) is 17.9 Å². The van der Waals surface area contributed by atoms with Gasteiger partial charge in [0, 0.05) is 11.4 Å². The number of carbonyl (C=O) groups is 2. The topological polar surface area (TPSA) is 95.1 Å². The number of hydrogen-bond donors (Lipinski definition) is 3. The lowest BCUT2D eigenvalue weighted by Gasteiger charge is -2.26. The molecule has 1 fully saturated rings. The fourth-order valence-corrected chi connectivity index (χ4v) is 2.91. The fourth-order valence-electron chi connectivity index (χ4n) is 2.91. The van der Waals surface area contributed by atoms with E-state index >= 15 is 0 Å². The molecule has 1 heterocycles. The predicted molar refractivity (Wildman–Crippen MR) is 76.9 cm³/mol. The summed E-state index contributed by atoms with van der Waals surface area (Å²) < 4.78 is 0. The Morgan fingerprint density at radius 3 is 2.71 bits per heavy atom. The Morgan fingerprint density at radius 2 is 2.00 bits per heavy atom. The van der Waals surface area contributed by atoms with E-state index in [1.807, 2.05) is 12.1 Å². The standard InChI is InChI=1S/C15H17N3O3/c19-14(12-3-1-2-10-8-16-18-13(10)12)17-11-6-4-9(5-7-11)15(20)21/h1-3,8-9,11H,4-7H2,(H,16,18)(H,17,19)(H,20,21). The van der Waals surface area contributed by atoms with E-state index in [1.165, 1.54) is 0 Å². The number of carboxylic acids is 1. The van der Waals surface area contributed by atoms with Gasteiger partial charge in [0.05, 0.1) is 23.2 Å². The molecule has 0 radical (unpaired) electrons. The van der Waals surface area contributed by atoms with Crippen LogP contribution < -0.4 is 5.32 Å². The second-order valence-electron chi connectivity index (χ2n) is 5.50. The van der Waals surface area contributed by atoms with Gasteiger partial charge in [0.1, 0.15) is 0 Å². The van der Waals surface area contributed by atoms with Crippen molar-refractivity contribution in [3.05, 3.63) is 30.0 Å². The number of aromatic amines is 1. The molecule has 1 aromatic carbocycles. The first-order chi connectivity index (χ1) is 10.1. The number of aliphatic carboxylic acids is 1. The summed E-state index contributed by atoms with van der Waals surface area (Å²) >= 11 is 0. The molecule has 2 aromatic rings. The normalized spacial score (nSPS) is 22.1. The molecule has 6 nitrogen and oxygen atoms in total. The van der Waals surface area contributed by atoms with E-state index in [0.29, 0.717) is 31.2 Å². The molecule has 0 aliphatic heterocycles. The Balaban J connectivity index is 1.67. The largest absolute Gasteiger partial charge is 0.481 e.